The zero-order valence-corrected chi connectivity index (χ0v) is 18.2. The van der Waals surface area contributed by atoms with Gasteiger partial charge in [0.05, 0.1) is 12.3 Å². The summed E-state index contributed by atoms with van der Waals surface area (Å²) in [7, 11) is 0. The maximum atomic E-state index is 12.8. The van der Waals surface area contributed by atoms with E-state index in [-0.39, 0.29) is 22.3 Å². The van der Waals surface area contributed by atoms with E-state index in [4.69, 9.17) is 20.9 Å². The molecule has 0 bridgehead atoms. The summed E-state index contributed by atoms with van der Waals surface area (Å²) >= 11 is 8.53. The number of nitrogens with one attached hydrogen (secondary N) is 1. The van der Waals surface area contributed by atoms with Crippen molar-refractivity contribution in [1.29, 1.82) is 0 Å². The van der Waals surface area contributed by atoms with Gasteiger partial charge in [-0.2, -0.15) is 4.98 Å². The van der Waals surface area contributed by atoms with Crippen molar-refractivity contribution >= 4 is 51.7 Å². The van der Waals surface area contributed by atoms with E-state index in [2.05, 4.69) is 10.3 Å². The number of halogens is 1. The number of anilines is 1. The molecule has 25 heavy (non-hydrogen) atoms. The van der Waals surface area contributed by atoms with Crippen LogP contribution in [-0.2, 0) is 13.9 Å². The molecule has 0 radical (unpaired) electrons. The Kier molecular flexibility index (Phi) is 9.67. The Bertz CT molecular complexity index is 618. The lowest BCUT2D eigenvalue weighted by Crippen LogP contribution is -2.18. The second kappa shape index (κ2) is 10.7. The summed E-state index contributed by atoms with van der Waals surface area (Å²) in [6, 6.07) is 3.21. The molecule has 1 aromatic heterocycles. The molecule has 1 aromatic rings. The number of carbonyl (C=O) groups excluding carboxylic acids is 1. The summed E-state index contributed by atoms with van der Waals surface area (Å²) in [4.78, 5) is 16.1. The van der Waals surface area contributed by atoms with Crippen molar-refractivity contribution < 1.29 is 18.6 Å². The lowest BCUT2D eigenvalue weighted by molar-refractivity contribution is -0.118. The standard InChI is InChI=1S/C15H24ClN2O4PS2/c1-6-21-14-8-7-12(15(16)18-14)17-13(19)9-22-23(20,24-10(2)3)25-11(4)5/h7-8,10-11H,6,9H2,1-5H3,(H,17,19). The Labute approximate surface area is 162 Å². The first kappa shape index (κ1) is 22.6. The average Bonchev–Trinajstić information content (AvgIpc) is 2.47. The predicted molar refractivity (Wildman–Crippen MR) is 108 cm³/mol. The van der Waals surface area contributed by atoms with Crippen molar-refractivity contribution in [3.05, 3.63) is 17.3 Å². The van der Waals surface area contributed by atoms with E-state index in [0.717, 1.165) is 0 Å². The van der Waals surface area contributed by atoms with Gasteiger partial charge in [-0.3, -0.25) is 9.36 Å². The molecule has 1 heterocycles. The highest BCUT2D eigenvalue weighted by atomic mass is 35.5. The summed E-state index contributed by atoms with van der Waals surface area (Å²) in [5.41, 5.74) is 0.349. The average molecular weight is 427 g/mol. The van der Waals surface area contributed by atoms with Crippen molar-refractivity contribution in [1.82, 2.24) is 4.98 Å². The van der Waals surface area contributed by atoms with Gasteiger partial charge >= 0.3 is 5.77 Å². The SMILES string of the molecule is CCOc1ccc(NC(=O)COP(=O)(SC(C)C)SC(C)C)c(Cl)n1. The van der Waals surface area contributed by atoms with Crippen LogP contribution in [0.25, 0.3) is 0 Å². The molecule has 1 rings (SSSR count). The van der Waals surface area contributed by atoms with Crippen LogP contribution in [0.15, 0.2) is 12.1 Å². The van der Waals surface area contributed by atoms with Crippen molar-refractivity contribution in [3.8, 4) is 5.88 Å². The van der Waals surface area contributed by atoms with Crippen LogP contribution in [0.5, 0.6) is 5.88 Å². The number of hydrogen-bond acceptors (Lipinski definition) is 7. The van der Waals surface area contributed by atoms with Gasteiger partial charge in [-0.1, -0.05) is 62.1 Å². The molecule has 0 unspecified atom stereocenters. The number of nitrogens with zero attached hydrogens (tertiary/aromatic N) is 1. The molecule has 0 spiro atoms. The largest absolute Gasteiger partial charge is 0.478 e. The minimum absolute atomic E-state index is 0.121. The van der Waals surface area contributed by atoms with Gasteiger partial charge in [-0.05, 0) is 13.0 Å². The van der Waals surface area contributed by atoms with E-state index < -0.39 is 11.7 Å². The maximum absolute atomic E-state index is 12.8. The zero-order valence-electron chi connectivity index (χ0n) is 14.9. The van der Waals surface area contributed by atoms with Crippen LogP contribution in [0.3, 0.4) is 0 Å². The second-order valence-electron chi connectivity index (χ2n) is 5.50. The van der Waals surface area contributed by atoms with Crippen LogP contribution in [0.4, 0.5) is 5.69 Å². The fraction of sp³-hybridized carbons (Fsp3) is 0.600. The topological polar surface area (TPSA) is 77.5 Å². The van der Waals surface area contributed by atoms with Gasteiger partial charge in [0.25, 0.3) is 5.91 Å². The molecule has 0 aliphatic heterocycles. The van der Waals surface area contributed by atoms with Crippen molar-refractivity contribution in [2.24, 2.45) is 0 Å². The molecule has 10 heteroatoms. The fourth-order valence-electron chi connectivity index (χ4n) is 1.67. The highest BCUT2D eigenvalue weighted by Crippen LogP contribution is 2.72. The third-order valence-electron chi connectivity index (χ3n) is 2.42. The third kappa shape index (κ3) is 8.69. The summed E-state index contributed by atoms with van der Waals surface area (Å²) in [6.07, 6.45) is 0. The zero-order chi connectivity index (χ0) is 19.0. The molecule has 0 aliphatic rings. The summed E-state index contributed by atoms with van der Waals surface area (Å²) in [5, 5.41) is 2.99. The fourth-order valence-corrected chi connectivity index (χ4v) is 10.8. The number of pyridine rings is 1. The van der Waals surface area contributed by atoms with Gasteiger partial charge < -0.3 is 14.6 Å². The molecule has 0 saturated carbocycles. The van der Waals surface area contributed by atoms with Gasteiger partial charge in [-0.15, -0.1) is 0 Å². The molecule has 0 aliphatic carbocycles. The monoisotopic (exact) mass is 426 g/mol. The van der Waals surface area contributed by atoms with E-state index in [1.54, 1.807) is 12.1 Å². The number of ether oxygens (including phenoxy) is 1. The lowest BCUT2D eigenvalue weighted by atomic mass is 10.4. The van der Waals surface area contributed by atoms with Crippen LogP contribution in [0.2, 0.25) is 5.15 Å². The van der Waals surface area contributed by atoms with E-state index in [9.17, 15) is 9.36 Å². The van der Waals surface area contributed by atoms with E-state index >= 15 is 0 Å². The summed E-state index contributed by atoms with van der Waals surface area (Å²) in [6.45, 7) is 9.74. The molecule has 6 nitrogen and oxygen atoms in total. The number of rotatable bonds is 10. The third-order valence-corrected chi connectivity index (χ3v) is 10.8. The van der Waals surface area contributed by atoms with Crippen LogP contribution in [0.1, 0.15) is 34.6 Å². The quantitative estimate of drug-likeness (QED) is 0.392. The molecular formula is C15H24ClN2O4PS2. The molecular weight excluding hydrogens is 403 g/mol. The Morgan fingerprint density at radius 3 is 2.36 bits per heavy atom. The Morgan fingerprint density at radius 2 is 1.88 bits per heavy atom. The van der Waals surface area contributed by atoms with E-state index in [0.29, 0.717) is 18.2 Å². The molecule has 1 amide bonds. The van der Waals surface area contributed by atoms with Crippen LogP contribution < -0.4 is 10.1 Å². The molecule has 0 aromatic carbocycles. The molecule has 142 valence electrons. The van der Waals surface area contributed by atoms with Crippen molar-refractivity contribution in [2.75, 3.05) is 18.5 Å². The van der Waals surface area contributed by atoms with Gasteiger partial charge in [0.15, 0.2) is 5.15 Å². The number of amides is 1. The van der Waals surface area contributed by atoms with Gasteiger partial charge in [0.2, 0.25) is 5.88 Å². The smallest absolute Gasteiger partial charge is 0.314 e. The number of carbonyl (C=O) groups is 1. The molecule has 0 atom stereocenters. The van der Waals surface area contributed by atoms with Gasteiger partial charge in [0.1, 0.15) is 6.61 Å². The molecule has 0 fully saturated rings. The van der Waals surface area contributed by atoms with Crippen LogP contribution >= 0.6 is 40.1 Å². The number of hydrogen-bond donors (Lipinski definition) is 1. The Morgan fingerprint density at radius 1 is 1.28 bits per heavy atom. The Hall–Kier alpha value is -0.400. The Balaban J connectivity index is 2.67. The normalized spacial score (nSPS) is 11.8. The van der Waals surface area contributed by atoms with Gasteiger partial charge in [-0.25, -0.2) is 0 Å². The van der Waals surface area contributed by atoms with Crippen molar-refractivity contribution in [2.45, 2.75) is 45.1 Å². The first-order chi connectivity index (χ1) is 11.6. The minimum atomic E-state index is -3.02. The van der Waals surface area contributed by atoms with Crippen molar-refractivity contribution in [3.63, 3.8) is 0 Å². The summed E-state index contributed by atoms with van der Waals surface area (Å²) < 4.78 is 23.5. The first-order valence-electron chi connectivity index (χ1n) is 7.85. The van der Waals surface area contributed by atoms with Crippen LogP contribution in [0, 0.1) is 0 Å². The second-order valence-corrected chi connectivity index (χ2v) is 14.2. The molecule has 1 N–H and O–H groups in total. The van der Waals surface area contributed by atoms with E-state index in [1.807, 2.05) is 34.6 Å². The first-order valence-corrected chi connectivity index (χ1v) is 12.8. The minimum Gasteiger partial charge on any atom is -0.478 e. The van der Waals surface area contributed by atoms with E-state index in [1.165, 1.54) is 22.8 Å². The molecule has 0 saturated heterocycles. The highest BCUT2D eigenvalue weighted by Gasteiger charge is 2.29. The number of aromatic nitrogens is 1. The summed E-state index contributed by atoms with van der Waals surface area (Å²) in [5.74, 6) is -3.08. The van der Waals surface area contributed by atoms with Crippen LogP contribution in [-0.4, -0.2) is 34.6 Å². The predicted octanol–water partition coefficient (Wildman–Crippen LogP) is 5.48. The highest BCUT2D eigenvalue weighted by molar-refractivity contribution is 8.89. The lowest BCUT2D eigenvalue weighted by Gasteiger charge is -2.20. The van der Waals surface area contributed by atoms with Gasteiger partial charge in [0, 0.05) is 16.6 Å². The maximum Gasteiger partial charge on any atom is 0.314 e.